The SMILES string of the molecule is C[N+]1(C)C2CC(OC(=O)C(O)(c3ccccc3)c3ccccc3)C[C@H]1[C@@H]1CC21. The Morgan fingerprint density at radius 3 is 1.82 bits per heavy atom. The smallest absolute Gasteiger partial charge is 0.347 e. The van der Waals surface area contributed by atoms with E-state index in [4.69, 9.17) is 4.74 Å². The lowest BCUT2D eigenvalue weighted by Crippen LogP contribution is -2.59. The van der Waals surface area contributed by atoms with Crippen molar-refractivity contribution in [2.75, 3.05) is 14.1 Å². The Morgan fingerprint density at radius 1 is 0.893 bits per heavy atom. The largest absolute Gasteiger partial charge is 0.459 e. The number of quaternary nitrogens is 1. The molecule has 3 unspecified atom stereocenters. The van der Waals surface area contributed by atoms with E-state index in [0.717, 1.165) is 29.2 Å². The fourth-order valence-corrected chi connectivity index (χ4v) is 5.98. The van der Waals surface area contributed by atoms with Crippen LogP contribution in [0, 0.1) is 11.8 Å². The highest BCUT2D eigenvalue weighted by atomic mass is 16.6. The maximum absolute atomic E-state index is 13.3. The summed E-state index contributed by atoms with van der Waals surface area (Å²) in [7, 11) is 4.65. The van der Waals surface area contributed by atoms with E-state index in [1.807, 2.05) is 36.4 Å². The van der Waals surface area contributed by atoms with E-state index < -0.39 is 11.6 Å². The number of hydrogen-bond donors (Lipinski definition) is 1. The number of esters is 1. The topological polar surface area (TPSA) is 46.5 Å². The maximum Gasteiger partial charge on any atom is 0.347 e. The van der Waals surface area contributed by atoms with Crippen molar-refractivity contribution < 1.29 is 19.1 Å². The second-order valence-electron chi connectivity index (χ2n) is 9.27. The van der Waals surface area contributed by atoms with Crippen LogP contribution in [0.5, 0.6) is 0 Å². The summed E-state index contributed by atoms with van der Waals surface area (Å²) in [5, 5.41) is 11.6. The van der Waals surface area contributed by atoms with Crippen molar-refractivity contribution in [2.24, 2.45) is 11.8 Å². The fourth-order valence-electron chi connectivity index (χ4n) is 5.98. The first-order chi connectivity index (χ1) is 13.4. The molecule has 1 aliphatic carbocycles. The molecule has 2 aromatic carbocycles. The van der Waals surface area contributed by atoms with Gasteiger partial charge >= 0.3 is 5.97 Å². The van der Waals surface area contributed by atoms with Crippen molar-refractivity contribution in [3.63, 3.8) is 0 Å². The lowest BCUT2D eigenvalue weighted by atomic mass is 9.86. The number of hydrogen-bond acceptors (Lipinski definition) is 3. The average Bonchev–Trinajstić information content (AvgIpc) is 3.47. The van der Waals surface area contributed by atoms with Gasteiger partial charge in [-0.25, -0.2) is 4.79 Å². The second kappa shape index (κ2) is 6.16. The molecule has 0 amide bonds. The van der Waals surface area contributed by atoms with Gasteiger partial charge in [0.1, 0.15) is 6.10 Å². The van der Waals surface area contributed by atoms with E-state index in [-0.39, 0.29) is 6.10 Å². The van der Waals surface area contributed by atoms with Gasteiger partial charge in [-0.2, -0.15) is 0 Å². The maximum atomic E-state index is 13.3. The third-order valence-electron chi connectivity index (χ3n) is 7.55. The van der Waals surface area contributed by atoms with Gasteiger partial charge in [0.25, 0.3) is 0 Å². The number of aliphatic hydroxyl groups is 1. The van der Waals surface area contributed by atoms with Crippen molar-refractivity contribution in [2.45, 2.75) is 43.1 Å². The Hall–Kier alpha value is -2.17. The summed E-state index contributed by atoms with van der Waals surface area (Å²) in [6, 6.07) is 19.4. The third kappa shape index (κ3) is 2.55. The van der Waals surface area contributed by atoms with Gasteiger partial charge in [0, 0.05) is 24.7 Å². The molecule has 0 aromatic heterocycles. The summed E-state index contributed by atoms with van der Waals surface area (Å²) in [6.45, 7) is 0. The number of piperidine rings is 2. The Balaban J connectivity index is 1.42. The van der Waals surface area contributed by atoms with Gasteiger partial charge in [0.2, 0.25) is 5.60 Å². The van der Waals surface area contributed by atoms with Crippen LogP contribution >= 0.6 is 0 Å². The molecule has 146 valence electrons. The van der Waals surface area contributed by atoms with Crippen molar-refractivity contribution in [1.82, 2.24) is 0 Å². The summed E-state index contributed by atoms with van der Waals surface area (Å²) >= 11 is 0. The molecule has 5 atom stereocenters. The van der Waals surface area contributed by atoms with Crippen LogP contribution in [0.15, 0.2) is 60.7 Å². The minimum Gasteiger partial charge on any atom is -0.459 e. The molecule has 2 bridgehead atoms. The summed E-state index contributed by atoms with van der Waals surface area (Å²) in [6.07, 6.45) is 3.03. The molecule has 4 nitrogen and oxygen atoms in total. The van der Waals surface area contributed by atoms with E-state index >= 15 is 0 Å². The Kier molecular flexibility index (Phi) is 3.94. The summed E-state index contributed by atoms with van der Waals surface area (Å²) in [5.41, 5.74) is -0.695. The average molecular weight is 378 g/mol. The summed E-state index contributed by atoms with van der Waals surface area (Å²) in [4.78, 5) is 13.3. The van der Waals surface area contributed by atoms with E-state index in [0.29, 0.717) is 23.2 Å². The number of carbonyl (C=O) groups is 1. The first-order valence-electron chi connectivity index (χ1n) is 10.3. The van der Waals surface area contributed by atoms with Crippen LogP contribution < -0.4 is 0 Å². The van der Waals surface area contributed by atoms with Gasteiger partial charge in [-0.1, -0.05) is 60.7 Å². The summed E-state index contributed by atoms with van der Waals surface area (Å²) in [5.74, 6) is 1.03. The van der Waals surface area contributed by atoms with Crippen LogP contribution in [0.4, 0.5) is 0 Å². The van der Waals surface area contributed by atoms with E-state index in [9.17, 15) is 9.90 Å². The van der Waals surface area contributed by atoms with Crippen LogP contribution in [0.25, 0.3) is 0 Å². The van der Waals surface area contributed by atoms with Gasteiger partial charge in [-0.3, -0.25) is 0 Å². The van der Waals surface area contributed by atoms with Crippen LogP contribution in [0.2, 0.25) is 0 Å². The molecule has 1 N–H and O–H groups in total. The monoisotopic (exact) mass is 378 g/mol. The fraction of sp³-hybridized carbons (Fsp3) is 0.458. The molecule has 3 fully saturated rings. The van der Waals surface area contributed by atoms with Gasteiger partial charge < -0.3 is 14.3 Å². The van der Waals surface area contributed by atoms with Gasteiger partial charge in [0.15, 0.2) is 0 Å². The van der Waals surface area contributed by atoms with Crippen LogP contribution in [0.3, 0.4) is 0 Å². The minimum atomic E-state index is -1.79. The highest BCUT2D eigenvalue weighted by Crippen LogP contribution is 2.61. The minimum absolute atomic E-state index is 0.111. The van der Waals surface area contributed by atoms with Crippen molar-refractivity contribution in [1.29, 1.82) is 0 Å². The molecular formula is C24H28NO3+. The van der Waals surface area contributed by atoms with Gasteiger partial charge in [-0.15, -0.1) is 0 Å². The number of nitrogens with zero attached hydrogens (tertiary/aromatic N) is 1. The molecule has 2 aliphatic heterocycles. The molecule has 2 heterocycles. The highest BCUT2D eigenvalue weighted by molar-refractivity contribution is 5.85. The lowest BCUT2D eigenvalue weighted by molar-refractivity contribution is -0.937. The molecular weight excluding hydrogens is 350 g/mol. The van der Waals surface area contributed by atoms with Crippen molar-refractivity contribution in [3.05, 3.63) is 71.8 Å². The molecule has 2 aromatic rings. The zero-order chi connectivity index (χ0) is 19.5. The Labute approximate surface area is 166 Å². The van der Waals surface area contributed by atoms with Crippen molar-refractivity contribution >= 4 is 5.97 Å². The summed E-state index contributed by atoms with van der Waals surface area (Å²) < 4.78 is 7.07. The van der Waals surface area contributed by atoms with Crippen LogP contribution in [-0.4, -0.2) is 47.8 Å². The molecule has 0 spiro atoms. The molecule has 28 heavy (non-hydrogen) atoms. The third-order valence-corrected chi connectivity index (χ3v) is 7.55. The number of carbonyl (C=O) groups excluding carboxylic acids is 1. The highest BCUT2D eigenvalue weighted by Gasteiger charge is 2.68. The van der Waals surface area contributed by atoms with Gasteiger partial charge in [0.05, 0.1) is 26.2 Å². The molecule has 4 heteroatoms. The van der Waals surface area contributed by atoms with E-state index in [2.05, 4.69) is 14.1 Å². The zero-order valence-corrected chi connectivity index (χ0v) is 16.5. The lowest BCUT2D eigenvalue weighted by Gasteiger charge is -2.46. The standard InChI is InChI=1S/C24H28NO3/c1-25(2)21-13-18(14-22(25)20-15-19(20)21)28-23(26)24(27,16-9-5-3-6-10-16)17-11-7-4-8-12-17/h3-12,18-22,27H,13-15H2,1-2H3/q+1/t18?,19-,20?,21+,22?/m1/s1. The number of benzene rings is 2. The zero-order valence-electron chi connectivity index (χ0n) is 16.5. The van der Waals surface area contributed by atoms with Crippen LogP contribution in [0.1, 0.15) is 30.4 Å². The predicted molar refractivity (Wildman–Crippen MR) is 106 cm³/mol. The number of fused-ring (bicyclic) bond motifs is 5. The molecule has 5 rings (SSSR count). The number of ether oxygens (including phenoxy) is 1. The Morgan fingerprint density at radius 2 is 1.36 bits per heavy atom. The van der Waals surface area contributed by atoms with Crippen molar-refractivity contribution in [3.8, 4) is 0 Å². The number of rotatable bonds is 4. The van der Waals surface area contributed by atoms with E-state index in [1.54, 1.807) is 24.3 Å². The molecule has 1 saturated carbocycles. The normalized spacial score (nSPS) is 32.5. The Bertz CT molecular complexity index is 820. The molecule has 0 radical (unpaired) electrons. The second-order valence-corrected chi connectivity index (χ2v) is 9.27. The first-order valence-corrected chi connectivity index (χ1v) is 10.3. The van der Waals surface area contributed by atoms with E-state index in [1.165, 1.54) is 6.42 Å². The predicted octanol–water partition coefficient (Wildman–Crippen LogP) is 3.09. The molecule has 3 aliphatic rings. The van der Waals surface area contributed by atoms with Crippen LogP contribution in [-0.2, 0) is 15.1 Å². The van der Waals surface area contributed by atoms with Gasteiger partial charge in [-0.05, 0) is 17.5 Å². The quantitative estimate of drug-likeness (QED) is 0.657. The molecule has 2 saturated heterocycles. The first kappa shape index (κ1) is 17.9.